The van der Waals surface area contributed by atoms with Gasteiger partial charge in [-0.15, -0.1) is 0 Å². The Morgan fingerprint density at radius 2 is 2.12 bits per heavy atom. The zero-order valence-corrected chi connectivity index (χ0v) is 16.7. The third-order valence-corrected chi connectivity index (χ3v) is 5.37. The lowest BCUT2D eigenvalue weighted by Crippen LogP contribution is -2.40. The van der Waals surface area contributed by atoms with Crippen LogP contribution in [0.1, 0.15) is 54.2 Å². The molecule has 1 aliphatic carbocycles. The van der Waals surface area contributed by atoms with E-state index in [1.807, 2.05) is 36.9 Å². The van der Waals surface area contributed by atoms with Crippen LogP contribution in [0.2, 0.25) is 5.02 Å². The zero-order valence-electron chi connectivity index (χ0n) is 15.9. The van der Waals surface area contributed by atoms with E-state index in [2.05, 4.69) is 18.9 Å². The molecule has 0 bridgehead atoms. The number of aryl methyl sites for hydroxylation is 1. The fourth-order valence-corrected chi connectivity index (χ4v) is 3.35. The second kappa shape index (κ2) is 7.05. The molecule has 1 fully saturated rings. The molecule has 5 nitrogen and oxygen atoms in total. The highest BCUT2D eigenvalue weighted by molar-refractivity contribution is 6.31. The summed E-state index contributed by atoms with van der Waals surface area (Å²) in [4.78, 5) is 14.8. The lowest BCUT2D eigenvalue weighted by atomic mass is 9.93. The minimum absolute atomic E-state index is 0.00196. The SMILES string of the molecule is Cc1ccc(-n2ncc(C(=O)N(C)CC(C)(C)CN)c2C2CC2)cc1Cl. The Morgan fingerprint density at radius 3 is 2.69 bits per heavy atom. The molecule has 1 heterocycles. The first-order valence-electron chi connectivity index (χ1n) is 9.03. The molecular formula is C20H27ClN4O. The quantitative estimate of drug-likeness (QED) is 0.837. The molecule has 140 valence electrons. The number of halogens is 1. The van der Waals surface area contributed by atoms with Crippen molar-refractivity contribution in [1.29, 1.82) is 0 Å². The van der Waals surface area contributed by atoms with E-state index in [1.54, 1.807) is 11.1 Å². The van der Waals surface area contributed by atoms with E-state index in [9.17, 15) is 4.79 Å². The maximum absolute atomic E-state index is 13.1. The van der Waals surface area contributed by atoms with Crippen molar-refractivity contribution in [2.75, 3.05) is 20.1 Å². The summed E-state index contributed by atoms with van der Waals surface area (Å²) >= 11 is 6.29. The average molecular weight is 375 g/mol. The van der Waals surface area contributed by atoms with Crippen LogP contribution < -0.4 is 5.73 Å². The fourth-order valence-electron chi connectivity index (χ4n) is 3.18. The Labute approximate surface area is 160 Å². The smallest absolute Gasteiger partial charge is 0.257 e. The third-order valence-electron chi connectivity index (χ3n) is 4.97. The largest absolute Gasteiger partial charge is 0.341 e. The molecular weight excluding hydrogens is 348 g/mol. The first kappa shape index (κ1) is 18.9. The van der Waals surface area contributed by atoms with Crippen molar-refractivity contribution in [2.45, 2.75) is 39.5 Å². The number of carbonyl (C=O) groups excluding carboxylic acids is 1. The summed E-state index contributed by atoms with van der Waals surface area (Å²) in [5.74, 6) is 0.380. The minimum Gasteiger partial charge on any atom is -0.341 e. The molecule has 1 saturated carbocycles. The summed E-state index contributed by atoms with van der Waals surface area (Å²) in [6, 6.07) is 5.88. The number of carbonyl (C=O) groups is 1. The summed E-state index contributed by atoms with van der Waals surface area (Å²) in [6.45, 7) is 7.24. The van der Waals surface area contributed by atoms with E-state index in [0.29, 0.717) is 29.6 Å². The van der Waals surface area contributed by atoms with Gasteiger partial charge in [0.2, 0.25) is 0 Å². The van der Waals surface area contributed by atoms with Crippen molar-refractivity contribution in [3.05, 3.63) is 46.2 Å². The molecule has 0 atom stereocenters. The van der Waals surface area contributed by atoms with Crippen LogP contribution in [0, 0.1) is 12.3 Å². The van der Waals surface area contributed by atoms with E-state index in [-0.39, 0.29) is 11.3 Å². The van der Waals surface area contributed by atoms with Crippen LogP contribution >= 0.6 is 11.6 Å². The summed E-state index contributed by atoms with van der Waals surface area (Å²) < 4.78 is 1.87. The molecule has 0 spiro atoms. The van der Waals surface area contributed by atoms with Gasteiger partial charge >= 0.3 is 0 Å². The van der Waals surface area contributed by atoms with Gasteiger partial charge in [0.05, 0.1) is 23.1 Å². The molecule has 1 aliphatic rings. The van der Waals surface area contributed by atoms with Gasteiger partial charge in [-0.2, -0.15) is 5.10 Å². The highest BCUT2D eigenvalue weighted by Crippen LogP contribution is 2.43. The lowest BCUT2D eigenvalue weighted by Gasteiger charge is -2.29. The van der Waals surface area contributed by atoms with E-state index in [4.69, 9.17) is 17.3 Å². The summed E-state index contributed by atoms with van der Waals surface area (Å²) in [5.41, 5.74) is 9.29. The summed E-state index contributed by atoms with van der Waals surface area (Å²) in [6.07, 6.45) is 3.86. The summed E-state index contributed by atoms with van der Waals surface area (Å²) in [5, 5.41) is 5.23. The minimum atomic E-state index is -0.120. The van der Waals surface area contributed by atoms with Crippen molar-refractivity contribution >= 4 is 17.5 Å². The molecule has 2 aromatic rings. The second-order valence-electron chi connectivity index (χ2n) is 8.09. The number of hydrogen-bond acceptors (Lipinski definition) is 3. The topological polar surface area (TPSA) is 64.2 Å². The van der Waals surface area contributed by atoms with Crippen LogP contribution in [0.4, 0.5) is 0 Å². The highest BCUT2D eigenvalue weighted by atomic mass is 35.5. The Kier molecular flexibility index (Phi) is 5.13. The number of amides is 1. The van der Waals surface area contributed by atoms with Crippen LogP contribution in [0.3, 0.4) is 0 Å². The monoisotopic (exact) mass is 374 g/mol. The highest BCUT2D eigenvalue weighted by Gasteiger charge is 2.34. The first-order valence-corrected chi connectivity index (χ1v) is 9.41. The molecule has 1 aromatic carbocycles. The number of benzene rings is 1. The van der Waals surface area contributed by atoms with Crippen molar-refractivity contribution in [2.24, 2.45) is 11.1 Å². The molecule has 0 radical (unpaired) electrons. The Balaban J connectivity index is 1.95. The molecule has 1 amide bonds. The third kappa shape index (κ3) is 3.79. The normalized spacial score (nSPS) is 14.5. The number of nitrogens with zero attached hydrogens (tertiary/aromatic N) is 3. The molecule has 6 heteroatoms. The molecule has 0 unspecified atom stereocenters. The predicted molar refractivity (Wildman–Crippen MR) is 105 cm³/mol. The van der Waals surface area contributed by atoms with Crippen molar-refractivity contribution in [3.8, 4) is 5.69 Å². The van der Waals surface area contributed by atoms with Gasteiger partial charge in [0.15, 0.2) is 0 Å². The van der Waals surface area contributed by atoms with Gasteiger partial charge in [-0.25, -0.2) is 4.68 Å². The Hall–Kier alpha value is -1.85. The fraction of sp³-hybridized carbons (Fsp3) is 0.500. The van der Waals surface area contributed by atoms with Crippen LogP contribution in [0.5, 0.6) is 0 Å². The van der Waals surface area contributed by atoms with E-state index in [1.165, 1.54) is 0 Å². The van der Waals surface area contributed by atoms with Crippen LogP contribution in [-0.4, -0.2) is 40.7 Å². The van der Waals surface area contributed by atoms with Crippen LogP contribution in [-0.2, 0) is 0 Å². The van der Waals surface area contributed by atoms with Gasteiger partial charge in [-0.1, -0.05) is 31.5 Å². The Bertz CT molecular complexity index is 823. The molecule has 1 aromatic heterocycles. The van der Waals surface area contributed by atoms with Gasteiger partial charge in [-0.05, 0) is 49.4 Å². The molecule has 26 heavy (non-hydrogen) atoms. The zero-order chi connectivity index (χ0) is 19.1. The van der Waals surface area contributed by atoms with Gasteiger partial charge in [-0.3, -0.25) is 4.79 Å². The van der Waals surface area contributed by atoms with Crippen LogP contribution in [0.15, 0.2) is 24.4 Å². The number of rotatable bonds is 6. The average Bonchev–Trinajstić information content (AvgIpc) is 3.34. The van der Waals surface area contributed by atoms with Crippen LogP contribution in [0.25, 0.3) is 5.69 Å². The standard InChI is InChI=1S/C20H27ClN4O/c1-13-5-8-15(9-17(13)21)25-18(14-6-7-14)16(10-23-25)19(26)24(4)12-20(2,3)11-22/h5,8-10,14H,6-7,11-12,22H2,1-4H3. The predicted octanol–water partition coefficient (Wildman–Crippen LogP) is 3.77. The number of hydrogen-bond donors (Lipinski definition) is 1. The molecule has 2 N–H and O–H groups in total. The van der Waals surface area contributed by atoms with Gasteiger partial charge in [0, 0.05) is 24.5 Å². The second-order valence-corrected chi connectivity index (χ2v) is 8.50. The first-order chi connectivity index (χ1) is 12.2. The van der Waals surface area contributed by atoms with E-state index >= 15 is 0 Å². The maximum Gasteiger partial charge on any atom is 0.257 e. The van der Waals surface area contributed by atoms with Gasteiger partial charge in [0.25, 0.3) is 5.91 Å². The van der Waals surface area contributed by atoms with E-state index < -0.39 is 0 Å². The van der Waals surface area contributed by atoms with Gasteiger partial charge in [0.1, 0.15) is 0 Å². The number of nitrogens with two attached hydrogens (primary N) is 1. The molecule has 3 rings (SSSR count). The van der Waals surface area contributed by atoms with E-state index in [0.717, 1.165) is 29.8 Å². The maximum atomic E-state index is 13.1. The van der Waals surface area contributed by atoms with Crippen molar-refractivity contribution in [1.82, 2.24) is 14.7 Å². The van der Waals surface area contributed by atoms with Crippen molar-refractivity contribution < 1.29 is 4.79 Å². The van der Waals surface area contributed by atoms with Gasteiger partial charge < -0.3 is 10.6 Å². The van der Waals surface area contributed by atoms with Crippen molar-refractivity contribution in [3.63, 3.8) is 0 Å². The Morgan fingerprint density at radius 1 is 1.42 bits per heavy atom. The molecule has 0 saturated heterocycles. The molecule has 0 aliphatic heterocycles. The lowest BCUT2D eigenvalue weighted by molar-refractivity contribution is 0.0739. The number of aromatic nitrogens is 2. The summed E-state index contributed by atoms with van der Waals surface area (Å²) in [7, 11) is 1.83.